The van der Waals surface area contributed by atoms with E-state index < -0.39 is 0 Å². The number of rotatable bonds is 5. The van der Waals surface area contributed by atoms with Crippen LogP contribution < -0.4 is 0 Å². The molecule has 0 unspecified atom stereocenters. The standard InChI is InChI=1S/C12H16O2/c1-10-5-4-6-11(9-10)12(14)7-2-3-8-13/h4-6,9,13H,2-3,7-8H2,1H3. The van der Waals surface area contributed by atoms with E-state index in [0.29, 0.717) is 12.8 Å². The summed E-state index contributed by atoms with van der Waals surface area (Å²) < 4.78 is 0. The lowest BCUT2D eigenvalue weighted by Gasteiger charge is -2.01. The summed E-state index contributed by atoms with van der Waals surface area (Å²) in [4.78, 5) is 11.6. The molecule has 0 aliphatic carbocycles. The number of aliphatic hydroxyl groups is 1. The highest BCUT2D eigenvalue weighted by Gasteiger charge is 2.04. The van der Waals surface area contributed by atoms with E-state index in [4.69, 9.17) is 5.11 Å². The predicted molar refractivity (Wildman–Crippen MR) is 56.4 cm³/mol. The molecule has 0 amide bonds. The van der Waals surface area contributed by atoms with E-state index >= 15 is 0 Å². The maximum absolute atomic E-state index is 11.6. The Morgan fingerprint density at radius 1 is 1.36 bits per heavy atom. The van der Waals surface area contributed by atoms with Gasteiger partial charge in [-0.15, -0.1) is 0 Å². The summed E-state index contributed by atoms with van der Waals surface area (Å²) in [5.74, 6) is 0.169. The van der Waals surface area contributed by atoms with Crippen LogP contribution in [0.2, 0.25) is 0 Å². The fourth-order valence-corrected chi connectivity index (χ4v) is 1.36. The Labute approximate surface area is 84.6 Å². The van der Waals surface area contributed by atoms with Gasteiger partial charge in [-0.1, -0.05) is 23.8 Å². The van der Waals surface area contributed by atoms with Crippen molar-refractivity contribution in [1.82, 2.24) is 0 Å². The number of carbonyl (C=O) groups excluding carboxylic acids is 1. The van der Waals surface area contributed by atoms with E-state index in [0.717, 1.165) is 17.5 Å². The number of unbranched alkanes of at least 4 members (excludes halogenated alkanes) is 1. The van der Waals surface area contributed by atoms with Crippen LogP contribution in [0.15, 0.2) is 24.3 Å². The lowest BCUT2D eigenvalue weighted by Crippen LogP contribution is -1.99. The molecule has 1 rings (SSSR count). The lowest BCUT2D eigenvalue weighted by atomic mass is 10.0. The van der Waals surface area contributed by atoms with Crippen molar-refractivity contribution < 1.29 is 9.90 Å². The third-order valence-electron chi connectivity index (χ3n) is 2.15. The fourth-order valence-electron chi connectivity index (χ4n) is 1.36. The highest BCUT2D eigenvalue weighted by molar-refractivity contribution is 5.96. The van der Waals surface area contributed by atoms with Crippen molar-refractivity contribution in [2.24, 2.45) is 0 Å². The number of carbonyl (C=O) groups is 1. The molecule has 0 radical (unpaired) electrons. The number of Topliss-reactive ketones (excluding diaryl/α,β-unsaturated/α-hetero) is 1. The smallest absolute Gasteiger partial charge is 0.162 e. The second-order valence-electron chi connectivity index (χ2n) is 3.47. The maximum atomic E-state index is 11.6. The first kappa shape index (κ1) is 10.9. The Morgan fingerprint density at radius 3 is 2.79 bits per heavy atom. The topological polar surface area (TPSA) is 37.3 Å². The third-order valence-corrected chi connectivity index (χ3v) is 2.15. The van der Waals surface area contributed by atoms with E-state index in [-0.39, 0.29) is 12.4 Å². The summed E-state index contributed by atoms with van der Waals surface area (Å²) >= 11 is 0. The second kappa shape index (κ2) is 5.55. The number of aliphatic hydroxyl groups excluding tert-OH is 1. The van der Waals surface area contributed by atoms with Crippen molar-refractivity contribution in [3.05, 3.63) is 35.4 Å². The minimum atomic E-state index is 0.168. The van der Waals surface area contributed by atoms with Crippen LogP contribution >= 0.6 is 0 Å². The van der Waals surface area contributed by atoms with Crippen LogP contribution in [0.25, 0.3) is 0 Å². The Bertz CT molecular complexity index is 305. The minimum Gasteiger partial charge on any atom is -0.396 e. The summed E-state index contributed by atoms with van der Waals surface area (Å²) in [5.41, 5.74) is 1.89. The van der Waals surface area contributed by atoms with Gasteiger partial charge < -0.3 is 5.11 Å². The van der Waals surface area contributed by atoms with E-state index in [1.54, 1.807) is 0 Å². The third kappa shape index (κ3) is 3.30. The molecular formula is C12H16O2. The number of ketones is 1. The summed E-state index contributed by atoms with van der Waals surface area (Å²) in [6.45, 7) is 2.14. The monoisotopic (exact) mass is 192 g/mol. The molecule has 1 aromatic carbocycles. The van der Waals surface area contributed by atoms with Gasteiger partial charge in [0.05, 0.1) is 0 Å². The highest BCUT2D eigenvalue weighted by atomic mass is 16.2. The molecule has 2 heteroatoms. The largest absolute Gasteiger partial charge is 0.396 e. The molecule has 0 heterocycles. The quantitative estimate of drug-likeness (QED) is 0.574. The molecular weight excluding hydrogens is 176 g/mol. The molecule has 0 aromatic heterocycles. The predicted octanol–water partition coefficient (Wildman–Crippen LogP) is 2.34. The summed E-state index contributed by atoms with van der Waals surface area (Å²) in [6, 6.07) is 7.62. The minimum absolute atomic E-state index is 0.168. The number of benzene rings is 1. The van der Waals surface area contributed by atoms with Gasteiger partial charge in [0.1, 0.15) is 0 Å². The first-order valence-corrected chi connectivity index (χ1v) is 4.95. The van der Waals surface area contributed by atoms with Gasteiger partial charge in [0.15, 0.2) is 5.78 Å². The zero-order chi connectivity index (χ0) is 10.4. The highest BCUT2D eigenvalue weighted by Crippen LogP contribution is 2.08. The molecule has 14 heavy (non-hydrogen) atoms. The molecule has 1 N–H and O–H groups in total. The Morgan fingerprint density at radius 2 is 2.14 bits per heavy atom. The number of hydrogen-bond donors (Lipinski definition) is 1. The Balaban J connectivity index is 2.52. The summed E-state index contributed by atoms with van der Waals surface area (Å²) in [6.07, 6.45) is 2.00. The molecule has 0 spiro atoms. The van der Waals surface area contributed by atoms with Gasteiger partial charge in [-0.25, -0.2) is 0 Å². The van der Waals surface area contributed by atoms with Crippen LogP contribution in [0.3, 0.4) is 0 Å². The van der Waals surface area contributed by atoms with Gasteiger partial charge in [-0.05, 0) is 25.8 Å². The van der Waals surface area contributed by atoms with Crippen LogP contribution in [0.5, 0.6) is 0 Å². The fraction of sp³-hybridized carbons (Fsp3) is 0.417. The normalized spacial score (nSPS) is 10.1. The molecule has 0 atom stereocenters. The first-order valence-electron chi connectivity index (χ1n) is 4.95. The molecule has 1 aromatic rings. The van der Waals surface area contributed by atoms with Crippen molar-refractivity contribution in [1.29, 1.82) is 0 Å². The van der Waals surface area contributed by atoms with Gasteiger partial charge >= 0.3 is 0 Å². The zero-order valence-electron chi connectivity index (χ0n) is 8.49. The van der Waals surface area contributed by atoms with Crippen LogP contribution in [0.1, 0.15) is 35.2 Å². The van der Waals surface area contributed by atoms with Gasteiger partial charge in [-0.2, -0.15) is 0 Å². The summed E-state index contributed by atoms with van der Waals surface area (Å²) in [7, 11) is 0. The van der Waals surface area contributed by atoms with Crippen LogP contribution in [-0.2, 0) is 0 Å². The average molecular weight is 192 g/mol. The van der Waals surface area contributed by atoms with Crippen LogP contribution in [-0.4, -0.2) is 17.5 Å². The van der Waals surface area contributed by atoms with Crippen molar-refractivity contribution in [2.75, 3.05) is 6.61 Å². The number of aryl methyl sites for hydroxylation is 1. The van der Waals surface area contributed by atoms with Gasteiger partial charge in [0.2, 0.25) is 0 Å². The zero-order valence-corrected chi connectivity index (χ0v) is 8.49. The van der Waals surface area contributed by atoms with Crippen molar-refractivity contribution >= 4 is 5.78 Å². The van der Waals surface area contributed by atoms with E-state index in [1.807, 2.05) is 31.2 Å². The van der Waals surface area contributed by atoms with Crippen LogP contribution in [0.4, 0.5) is 0 Å². The molecule has 0 saturated carbocycles. The summed E-state index contributed by atoms with van der Waals surface area (Å²) in [5, 5.41) is 8.58. The van der Waals surface area contributed by atoms with E-state index in [1.165, 1.54) is 0 Å². The van der Waals surface area contributed by atoms with Crippen molar-refractivity contribution in [2.45, 2.75) is 26.2 Å². The van der Waals surface area contributed by atoms with Crippen molar-refractivity contribution in [3.8, 4) is 0 Å². The molecule has 76 valence electrons. The Hall–Kier alpha value is -1.15. The van der Waals surface area contributed by atoms with E-state index in [9.17, 15) is 4.79 Å². The van der Waals surface area contributed by atoms with Crippen LogP contribution in [0, 0.1) is 6.92 Å². The second-order valence-corrected chi connectivity index (χ2v) is 3.47. The van der Waals surface area contributed by atoms with Crippen molar-refractivity contribution in [3.63, 3.8) is 0 Å². The molecule has 0 bridgehead atoms. The molecule has 0 fully saturated rings. The SMILES string of the molecule is Cc1cccc(C(=O)CCCCO)c1. The molecule has 0 aliphatic heterocycles. The maximum Gasteiger partial charge on any atom is 0.162 e. The first-order chi connectivity index (χ1) is 6.74. The Kier molecular flexibility index (Phi) is 4.33. The number of hydrogen-bond acceptors (Lipinski definition) is 2. The molecule has 0 saturated heterocycles. The average Bonchev–Trinajstić information content (AvgIpc) is 2.18. The van der Waals surface area contributed by atoms with Gasteiger partial charge in [0.25, 0.3) is 0 Å². The lowest BCUT2D eigenvalue weighted by molar-refractivity contribution is 0.0977. The van der Waals surface area contributed by atoms with Gasteiger partial charge in [-0.3, -0.25) is 4.79 Å². The van der Waals surface area contributed by atoms with E-state index in [2.05, 4.69) is 0 Å². The molecule has 0 aliphatic rings. The van der Waals surface area contributed by atoms with Gasteiger partial charge in [0, 0.05) is 18.6 Å². The molecule has 2 nitrogen and oxygen atoms in total.